The van der Waals surface area contributed by atoms with Crippen molar-refractivity contribution in [2.24, 2.45) is 5.41 Å². The Labute approximate surface area is 96.3 Å². The molecule has 16 heavy (non-hydrogen) atoms. The Morgan fingerprint density at radius 3 is 2.81 bits per heavy atom. The quantitative estimate of drug-likeness (QED) is 0.694. The summed E-state index contributed by atoms with van der Waals surface area (Å²) in [5.74, 6) is -0.725. The molecule has 92 valence electrons. The van der Waals surface area contributed by atoms with Crippen molar-refractivity contribution in [3.8, 4) is 0 Å². The van der Waals surface area contributed by atoms with E-state index >= 15 is 0 Å². The fourth-order valence-corrected chi connectivity index (χ4v) is 1.36. The number of cyclic esters (lactones) is 1. The molecule has 4 nitrogen and oxygen atoms in total. The summed E-state index contributed by atoms with van der Waals surface area (Å²) >= 11 is 0. The molecule has 0 aromatic heterocycles. The molecule has 1 rings (SSSR count). The van der Waals surface area contributed by atoms with Gasteiger partial charge in [0.15, 0.2) is 6.10 Å². The number of hydrogen-bond acceptors (Lipinski definition) is 4. The van der Waals surface area contributed by atoms with Crippen LogP contribution in [-0.2, 0) is 19.1 Å². The first-order valence-electron chi connectivity index (χ1n) is 5.85. The van der Waals surface area contributed by atoms with E-state index < -0.39 is 17.5 Å². The van der Waals surface area contributed by atoms with Crippen LogP contribution in [-0.4, -0.2) is 24.6 Å². The van der Waals surface area contributed by atoms with E-state index in [1.165, 1.54) is 0 Å². The third kappa shape index (κ3) is 3.22. The second-order valence-electron chi connectivity index (χ2n) is 4.79. The molecular weight excluding hydrogens is 208 g/mol. The molecule has 0 aliphatic carbocycles. The Morgan fingerprint density at radius 2 is 2.19 bits per heavy atom. The lowest BCUT2D eigenvalue weighted by Gasteiger charge is -2.23. The zero-order chi connectivity index (χ0) is 12.2. The molecule has 0 bridgehead atoms. The normalized spacial score (nSPS) is 22.2. The van der Waals surface area contributed by atoms with Gasteiger partial charge in [-0.3, -0.25) is 4.79 Å². The summed E-state index contributed by atoms with van der Waals surface area (Å²) in [4.78, 5) is 23.3. The third-order valence-corrected chi connectivity index (χ3v) is 3.05. The predicted molar refractivity (Wildman–Crippen MR) is 58.8 cm³/mol. The van der Waals surface area contributed by atoms with Gasteiger partial charge in [0.2, 0.25) is 0 Å². The Hall–Kier alpha value is -1.06. The Kier molecular flexibility index (Phi) is 4.33. The van der Waals surface area contributed by atoms with Crippen LogP contribution in [0.1, 0.15) is 46.5 Å². The minimum absolute atomic E-state index is 0.321. The second-order valence-corrected chi connectivity index (χ2v) is 4.79. The van der Waals surface area contributed by atoms with E-state index in [4.69, 9.17) is 9.47 Å². The zero-order valence-corrected chi connectivity index (χ0v) is 10.2. The molecule has 1 saturated heterocycles. The number of carbonyl (C=O) groups is 2. The molecule has 1 aliphatic rings. The van der Waals surface area contributed by atoms with Gasteiger partial charge in [0.25, 0.3) is 0 Å². The van der Waals surface area contributed by atoms with Gasteiger partial charge in [0, 0.05) is 0 Å². The summed E-state index contributed by atoms with van der Waals surface area (Å²) in [6.07, 6.45) is 2.26. The lowest BCUT2D eigenvalue weighted by Crippen LogP contribution is -2.34. The summed E-state index contributed by atoms with van der Waals surface area (Å²) in [6, 6.07) is 0. The van der Waals surface area contributed by atoms with Gasteiger partial charge in [0.05, 0.1) is 12.0 Å². The summed E-state index contributed by atoms with van der Waals surface area (Å²) < 4.78 is 10.2. The maximum Gasteiger partial charge on any atom is 0.347 e. The summed E-state index contributed by atoms with van der Waals surface area (Å²) in [5.41, 5.74) is -0.535. The van der Waals surface area contributed by atoms with Gasteiger partial charge in [-0.15, -0.1) is 0 Å². The van der Waals surface area contributed by atoms with Crippen LogP contribution in [0.15, 0.2) is 0 Å². The number of hydrogen-bond donors (Lipinski definition) is 0. The molecule has 0 spiro atoms. The van der Waals surface area contributed by atoms with Crippen LogP contribution in [0.2, 0.25) is 0 Å². The van der Waals surface area contributed by atoms with E-state index in [9.17, 15) is 9.59 Å². The Bertz CT molecular complexity index is 270. The molecule has 0 aromatic carbocycles. The first-order chi connectivity index (χ1) is 7.47. The zero-order valence-electron chi connectivity index (χ0n) is 10.2. The number of rotatable bonds is 3. The van der Waals surface area contributed by atoms with Crippen LogP contribution in [0, 0.1) is 5.41 Å². The number of carbonyl (C=O) groups excluding carboxylic acids is 2. The molecule has 0 saturated carbocycles. The highest BCUT2D eigenvalue weighted by Gasteiger charge is 2.33. The highest BCUT2D eigenvalue weighted by Crippen LogP contribution is 2.24. The van der Waals surface area contributed by atoms with Gasteiger partial charge < -0.3 is 9.47 Å². The van der Waals surface area contributed by atoms with Crippen LogP contribution < -0.4 is 0 Å². The van der Waals surface area contributed by atoms with Gasteiger partial charge in [-0.25, -0.2) is 4.79 Å². The standard InChI is InChI=1S/C12H20O4/c1-4-12(2,3)11(14)16-9-7-5-6-8-15-10(9)13/h9H,4-8H2,1-3H3. The maximum atomic E-state index is 11.8. The lowest BCUT2D eigenvalue weighted by atomic mass is 9.90. The van der Waals surface area contributed by atoms with Crippen LogP contribution in [0.25, 0.3) is 0 Å². The van der Waals surface area contributed by atoms with Gasteiger partial charge in [-0.2, -0.15) is 0 Å². The molecule has 1 fully saturated rings. The number of esters is 2. The smallest absolute Gasteiger partial charge is 0.347 e. The molecule has 1 aliphatic heterocycles. The largest absolute Gasteiger partial charge is 0.463 e. The van der Waals surface area contributed by atoms with Gasteiger partial charge in [-0.1, -0.05) is 6.92 Å². The SMILES string of the molecule is CCC(C)(C)C(=O)OC1CCCCOC1=O. The van der Waals surface area contributed by atoms with Crippen LogP contribution in [0.3, 0.4) is 0 Å². The fourth-order valence-electron chi connectivity index (χ4n) is 1.36. The molecule has 1 unspecified atom stereocenters. The molecular formula is C12H20O4. The van der Waals surface area contributed by atoms with Crippen molar-refractivity contribution < 1.29 is 19.1 Å². The molecule has 4 heteroatoms. The molecule has 1 atom stereocenters. The van der Waals surface area contributed by atoms with Crippen molar-refractivity contribution in [2.75, 3.05) is 6.61 Å². The Morgan fingerprint density at radius 1 is 1.50 bits per heavy atom. The summed E-state index contributed by atoms with van der Waals surface area (Å²) in [5, 5.41) is 0. The molecule has 0 aromatic rings. The van der Waals surface area contributed by atoms with Crippen LogP contribution in [0.5, 0.6) is 0 Å². The van der Waals surface area contributed by atoms with Gasteiger partial charge in [0.1, 0.15) is 0 Å². The maximum absolute atomic E-state index is 11.8. The average Bonchev–Trinajstić information content (AvgIpc) is 2.44. The summed E-state index contributed by atoms with van der Waals surface area (Å²) in [7, 11) is 0. The number of ether oxygens (including phenoxy) is 2. The van der Waals surface area contributed by atoms with Crippen molar-refractivity contribution in [1.82, 2.24) is 0 Å². The van der Waals surface area contributed by atoms with Crippen LogP contribution in [0.4, 0.5) is 0 Å². The fraction of sp³-hybridized carbons (Fsp3) is 0.833. The molecule has 0 N–H and O–H groups in total. The van der Waals surface area contributed by atoms with E-state index in [1.54, 1.807) is 0 Å². The van der Waals surface area contributed by atoms with E-state index in [-0.39, 0.29) is 5.97 Å². The van der Waals surface area contributed by atoms with Crippen molar-refractivity contribution in [2.45, 2.75) is 52.6 Å². The third-order valence-electron chi connectivity index (χ3n) is 3.05. The monoisotopic (exact) mass is 228 g/mol. The van der Waals surface area contributed by atoms with E-state index in [2.05, 4.69) is 0 Å². The molecule has 1 heterocycles. The van der Waals surface area contributed by atoms with Crippen molar-refractivity contribution in [1.29, 1.82) is 0 Å². The van der Waals surface area contributed by atoms with Crippen molar-refractivity contribution in [3.05, 3.63) is 0 Å². The molecule has 0 radical (unpaired) electrons. The molecule has 0 amide bonds. The second kappa shape index (κ2) is 5.32. The van der Waals surface area contributed by atoms with E-state index in [1.807, 2.05) is 20.8 Å². The first-order valence-corrected chi connectivity index (χ1v) is 5.85. The van der Waals surface area contributed by atoms with Gasteiger partial charge >= 0.3 is 11.9 Å². The van der Waals surface area contributed by atoms with Gasteiger partial charge in [-0.05, 0) is 39.5 Å². The minimum atomic E-state index is -0.708. The predicted octanol–water partition coefficient (Wildman–Crippen LogP) is 2.06. The van der Waals surface area contributed by atoms with Crippen molar-refractivity contribution in [3.63, 3.8) is 0 Å². The average molecular weight is 228 g/mol. The van der Waals surface area contributed by atoms with E-state index in [0.717, 1.165) is 12.8 Å². The van der Waals surface area contributed by atoms with Crippen LogP contribution >= 0.6 is 0 Å². The highest BCUT2D eigenvalue weighted by atomic mass is 16.6. The van der Waals surface area contributed by atoms with E-state index in [0.29, 0.717) is 19.4 Å². The Balaban J connectivity index is 2.58. The minimum Gasteiger partial charge on any atom is -0.463 e. The topological polar surface area (TPSA) is 52.6 Å². The highest BCUT2D eigenvalue weighted by molar-refractivity contribution is 5.82. The summed E-state index contributed by atoms with van der Waals surface area (Å²) in [6.45, 7) is 5.99. The lowest BCUT2D eigenvalue weighted by molar-refractivity contribution is -0.172. The first kappa shape index (κ1) is 13.0. The van der Waals surface area contributed by atoms with Crippen molar-refractivity contribution >= 4 is 11.9 Å².